The van der Waals surface area contributed by atoms with Gasteiger partial charge in [-0.25, -0.2) is 4.98 Å². The second-order valence-electron chi connectivity index (χ2n) is 6.25. The van der Waals surface area contributed by atoms with Crippen molar-refractivity contribution in [1.29, 1.82) is 5.26 Å². The zero-order valence-corrected chi connectivity index (χ0v) is 15.6. The number of rotatable bonds is 3. The fourth-order valence-corrected chi connectivity index (χ4v) is 3.39. The maximum atomic E-state index is 8.71. The van der Waals surface area contributed by atoms with E-state index in [2.05, 4.69) is 15.0 Å². The van der Waals surface area contributed by atoms with E-state index in [0.717, 1.165) is 22.5 Å². The molecule has 1 aromatic carbocycles. The van der Waals surface area contributed by atoms with E-state index < -0.39 is 0 Å². The van der Waals surface area contributed by atoms with Crippen molar-refractivity contribution in [1.82, 2.24) is 19.5 Å². The Morgan fingerprint density at radius 2 is 2.04 bits per heavy atom. The topological polar surface area (TPSA) is 85.9 Å². The maximum Gasteiger partial charge on any atom is 0.250 e. The molecule has 3 aromatic rings. The largest absolute Gasteiger partial charge is 0.436 e. The van der Waals surface area contributed by atoms with Crippen LogP contribution in [0.2, 0.25) is 5.28 Å². The zero-order chi connectivity index (χ0) is 19.0. The normalized spacial score (nSPS) is 13.7. The van der Waals surface area contributed by atoms with Crippen LogP contribution in [0.25, 0.3) is 17.2 Å². The Bertz CT molecular complexity index is 1090. The van der Waals surface area contributed by atoms with Crippen molar-refractivity contribution in [2.45, 2.75) is 27.0 Å². The third-order valence-corrected chi connectivity index (χ3v) is 4.51. The number of aromatic nitrogens is 4. The first-order valence-corrected chi connectivity index (χ1v) is 8.80. The Kier molecular flexibility index (Phi) is 4.52. The highest BCUT2D eigenvalue weighted by molar-refractivity contribution is 6.28. The molecule has 7 nitrogen and oxygen atoms in total. The average Bonchev–Trinajstić information content (AvgIpc) is 3.01. The van der Waals surface area contributed by atoms with Crippen LogP contribution < -0.4 is 4.74 Å². The summed E-state index contributed by atoms with van der Waals surface area (Å²) in [5.41, 5.74) is 4.00. The molecule has 0 atom stereocenters. The highest BCUT2D eigenvalue weighted by atomic mass is 35.5. The van der Waals surface area contributed by atoms with Gasteiger partial charge in [0.15, 0.2) is 11.2 Å². The van der Waals surface area contributed by atoms with Gasteiger partial charge in [-0.2, -0.15) is 15.2 Å². The molecule has 0 unspecified atom stereocenters. The summed E-state index contributed by atoms with van der Waals surface area (Å²) in [6.07, 6.45) is 3.21. The van der Waals surface area contributed by atoms with Gasteiger partial charge < -0.3 is 14.0 Å². The lowest BCUT2D eigenvalue weighted by molar-refractivity contribution is 0.0829. The van der Waals surface area contributed by atoms with E-state index >= 15 is 0 Å². The molecule has 27 heavy (non-hydrogen) atoms. The molecule has 2 aromatic heterocycles. The van der Waals surface area contributed by atoms with E-state index in [1.807, 2.05) is 36.6 Å². The SMILES string of the molecule is Cc1cc(/C=C/C#N)cc(C)c1Oc1nc(Cl)nc2nc3n(c12)CCOC3. The Hall–Kier alpha value is -2.95. The first-order chi connectivity index (χ1) is 13.1. The van der Waals surface area contributed by atoms with E-state index in [-0.39, 0.29) is 5.28 Å². The quantitative estimate of drug-likeness (QED) is 0.504. The summed E-state index contributed by atoms with van der Waals surface area (Å²) in [6, 6.07) is 5.91. The third-order valence-electron chi connectivity index (χ3n) is 4.34. The van der Waals surface area contributed by atoms with Gasteiger partial charge in [0.1, 0.15) is 18.2 Å². The van der Waals surface area contributed by atoms with Gasteiger partial charge in [0.25, 0.3) is 0 Å². The van der Waals surface area contributed by atoms with Gasteiger partial charge in [-0.15, -0.1) is 0 Å². The maximum absolute atomic E-state index is 8.71. The van der Waals surface area contributed by atoms with Crippen molar-refractivity contribution in [3.63, 3.8) is 0 Å². The van der Waals surface area contributed by atoms with Crippen molar-refractivity contribution in [2.24, 2.45) is 0 Å². The van der Waals surface area contributed by atoms with Crippen LogP contribution in [-0.2, 0) is 17.9 Å². The van der Waals surface area contributed by atoms with E-state index in [4.69, 9.17) is 26.3 Å². The van der Waals surface area contributed by atoms with Crippen molar-refractivity contribution in [3.05, 3.63) is 46.0 Å². The number of allylic oxidation sites excluding steroid dienone is 1. The lowest BCUT2D eigenvalue weighted by atomic mass is 10.1. The minimum atomic E-state index is 0.0812. The smallest absolute Gasteiger partial charge is 0.250 e. The number of hydrogen-bond acceptors (Lipinski definition) is 6. The lowest BCUT2D eigenvalue weighted by Gasteiger charge is -2.17. The number of ether oxygens (including phenoxy) is 2. The molecule has 0 radical (unpaired) electrons. The van der Waals surface area contributed by atoms with Crippen LogP contribution in [0.3, 0.4) is 0 Å². The Morgan fingerprint density at radius 1 is 1.26 bits per heavy atom. The predicted octanol–water partition coefficient (Wildman–Crippen LogP) is 3.96. The summed E-state index contributed by atoms with van der Waals surface area (Å²) in [5, 5.41) is 8.79. The number of halogens is 1. The summed E-state index contributed by atoms with van der Waals surface area (Å²) < 4.78 is 13.7. The van der Waals surface area contributed by atoms with Gasteiger partial charge in [0.2, 0.25) is 11.2 Å². The summed E-state index contributed by atoms with van der Waals surface area (Å²) >= 11 is 6.09. The zero-order valence-electron chi connectivity index (χ0n) is 14.9. The summed E-state index contributed by atoms with van der Waals surface area (Å²) in [5.74, 6) is 1.85. The Labute approximate surface area is 160 Å². The van der Waals surface area contributed by atoms with Crippen molar-refractivity contribution in [2.75, 3.05) is 6.61 Å². The Balaban J connectivity index is 1.81. The van der Waals surface area contributed by atoms with E-state index in [0.29, 0.717) is 42.6 Å². The fourth-order valence-electron chi connectivity index (χ4n) is 3.24. The lowest BCUT2D eigenvalue weighted by Crippen LogP contribution is -2.16. The molecule has 0 amide bonds. The predicted molar refractivity (Wildman–Crippen MR) is 101 cm³/mol. The molecule has 0 saturated heterocycles. The number of benzene rings is 1. The van der Waals surface area contributed by atoms with Gasteiger partial charge >= 0.3 is 0 Å². The summed E-state index contributed by atoms with van der Waals surface area (Å²) in [4.78, 5) is 13.0. The number of aryl methyl sites for hydroxylation is 2. The average molecular weight is 382 g/mol. The fraction of sp³-hybridized carbons (Fsp3) is 0.263. The number of nitriles is 1. The van der Waals surface area contributed by atoms with E-state index in [1.165, 1.54) is 6.08 Å². The van der Waals surface area contributed by atoms with Gasteiger partial charge in [-0.3, -0.25) is 0 Å². The van der Waals surface area contributed by atoms with Gasteiger partial charge in [-0.1, -0.05) is 0 Å². The number of imidazole rings is 1. The first kappa shape index (κ1) is 17.5. The minimum Gasteiger partial charge on any atom is -0.436 e. The van der Waals surface area contributed by atoms with Crippen LogP contribution in [0.1, 0.15) is 22.5 Å². The molecule has 0 saturated carbocycles. The van der Waals surface area contributed by atoms with Crippen LogP contribution >= 0.6 is 11.6 Å². The molecular weight excluding hydrogens is 366 g/mol. The van der Waals surface area contributed by atoms with E-state index in [9.17, 15) is 0 Å². The molecule has 1 aliphatic heterocycles. The molecule has 1 aliphatic rings. The van der Waals surface area contributed by atoms with Crippen molar-refractivity contribution >= 4 is 28.8 Å². The standard InChI is InChI=1S/C19H16ClN5O2/c1-11-8-13(4-3-5-21)9-12(2)16(11)27-18-15-17(23-19(20)24-18)22-14-10-26-7-6-25(14)15/h3-4,8-9H,6-7,10H2,1-2H3/b4-3+. The van der Waals surface area contributed by atoms with E-state index in [1.54, 1.807) is 6.08 Å². The molecule has 4 rings (SSSR count). The second-order valence-corrected chi connectivity index (χ2v) is 6.59. The molecule has 0 N–H and O–H groups in total. The van der Waals surface area contributed by atoms with Gasteiger partial charge in [0, 0.05) is 12.6 Å². The van der Waals surface area contributed by atoms with Crippen molar-refractivity contribution in [3.8, 4) is 17.7 Å². The Morgan fingerprint density at radius 3 is 2.78 bits per heavy atom. The molecule has 0 spiro atoms. The molecular formula is C19H16ClN5O2. The summed E-state index contributed by atoms with van der Waals surface area (Å²) in [6.45, 7) is 5.57. The number of hydrogen-bond donors (Lipinski definition) is 0. The van der Waals surface area contributed by atoms with Crippen molar-refractivity contribution < 1.29 is 9.47 Å². The number of fused-ring (bicyclic) bond motifs is 3. The highest BCUT2D eigenvalue weighted by Crippen LogP contribution is 2.34. The minimum absolute atomic E-state index is 0.0812. The third kappa shape index (κ3) is 3.25. The van der Waals surface area contributed by atoms with Crippen LogP contribution in [-0.4, -0.2) is 26.1 Å². The molecule has 0 bridgehead atoms. The molecule has 3 heterocycles. The second kappa shape index (κ2) is 6.99. The van der Waals surface area contributed by atoms with Crippen LogP contribution in [0.5, 0.6) is 11.6 Å². The molecule has 0 fully saturated rings. The van der Waals surface area contributed by atoms with Crippen LogP contribution in [0.15, 0.2) is 18.2 Å². The molecule has 0 aliphatic carbocycles. The molecule has 8 heteroatoms. The number of nitrogens with zero attached hydrogens (tertiary/aromatic N) is 5. The van der Waals surface area contributed by atoms with Gasteiger partial charge in [-0.05, 0) is 60.3 Å². The van der Waals surface area contributed by atoms with Crippen LogP contribution in [0, 0.1) is 25.2 Å². The monoisotopic (exact) mass is 381 g/mol. The van der Waals surface area contributed by atoms with Gasteiger partial charge in [0.05, 0.1) is 12.7 Å². The molecule has 136 valence electrons. The van der Waals surface area contributed by atoms with Crippen LogP contribution in [0.4, 0.5) is 0 Å². The highest BCUT2D eigenvalue weighted by Gasteiger charge is 2.22. The first-order valence-electron chi connectivity index (χ1n) is 8.42. The summed E-state index contributed by atoms with van der Waals surface area (Å²) in [7, 11) is 0.